The minimum absolute atomic E-state index is 0.661. The number of anilines is 1. The fraction of sp³-hybridized carbons (Fsp3) is 0.308. The van der Waals surface area contributed by atoms with E-state index in [0.29, 0.717) is 13.2 Å². The number of hydrogen-bond acceptors (Lipinski definition) is 6. The van der Waals surface area contributed by atoms with Gasteiger partial charge in [0.15, 0.2) is 0 Å². The van der Waals surface area contributed by atoms with E-state index in [-0.39, 0.29) is 0 Å². The maximum absolute atomic E-state index is 6.09. The number of para-hydroxylation sites is 1. The van der Waals surface area contributed by atoms with Gasteiger partial charge in [0.1, 0.15) is 23.8 Å². The quantitative estimate of drug-likeness (QED) is 0.409. The molecule has 0 saturated carbocycles. The molecule has 1 aromatic carbocycles. The van der Waals surface area contributed by atoms with E-state index in [9.17, 15) is 0 Å². The number of morpholine rings is 1. The average molecular weight is 444 g/mol. The summed E-state index contributed by atoms with van der Waals surface area (Å²) in [5.41, 5.74) is 4.43. The molecule has 7 nitrogen and oxygen atoms in total. The molecule has 0 atom stereocenters. The number of H-pyrrole nitrogens is 1. The van der Waals surface area contributed by atoms with Crippen LogP contribution in [0.5, 0.6) is 5.75 Å². The standard InChI is InChI=1S/C26H29N5O2/c1-2-6-24(33-15-12-31-10-13-32-14-11-31)21(4-1)18-29-25-8-7-20(17-28-25)16-22-19-30-26-23(22)5-3-9-27-26/h1-9,17,19H,10-16,18H2,(H,27,30)(H,28,29). The van der Waals surface area contributed by atoms with Crippen LogP contribution in [0.4, 0.5) is 5.82 Å². The first-order valence-corrected chi connectivity index (χ1v) is 11.5. The van der Waals surface area contributed by atoms with Crippen LogP contribution in [0.2, 0.25) is 0 Å². The highest BCUT2D eigenvalue weighted by Gasteiger charge is 2.11. The number of rotatable bonds is 9. The van der Waals surface area contributed by atoms with Gasteiger partial charge in [-0.05, 0) is 35.4 Å². The molecule has 0 unspecified atom stereocenters. The van der Waals surface area contributed by atoms with Crippen LogP contribution in [0.3, 0.4) is 0 Å². The Morgan fingerprint density at radius 2 is 1.91 bits per heavy atom. The number of aromatic nitrogens is 3. The highest BCUT2D eigenvalue weighted by molar-refractivity contribution is 5.79. The number of benzene rings is 1. The van der Waals surface area contributed by atoms with Crippen molar-refractivity contribution < 1.29 is 9.47 Å². The van der Waals surface area contributed by atoms with E-state index in [0.717, 1.165) is 73.0 Å². The number of nitrogens with one attached hydrogen (secondary N) is 2. The van der Waals surface area contributed by atoms with Gasteiger partial charge in [-0.1, -0.05) is 24.3 Å². The minimum atomic E-state index is 0.661. The second kappa shape index (κ2) is 10.5. The molecule has 4 aromatic rings. The van der Waals surface area contributed by atoms with Crippen molar-refractivity contribution in [2.45, 2.75) is 13.0 Å². The Balaban J connectivity index is 1.15. The molecule has 0 aliphatic carbocycles. The van der Waals surface area contributed by atoms with Gasteiger partial charge in [0, 0.05) is 62.1 Å². The predicted octanol–water partition coefficient (Wildman–Crippen LogP) is 3.87. The molecule has 1 aliphatic heterocycles. The van der Waals surface area contributed by atoms with Crippen molar-refractivity contribution in [1.82, 2.24) is 19.9 Å². The molecule has 0 radical (unpaired) electrons. The molecule has 33 heavy (non-hydrogen) atoms. The van der Waals surface area contributed by atoms with Gasteiger partial charge in [-0.25, -0.2) is 9.97 Å². The SMILES string of the molecule is c1ccc(OCCN2CCOCC2)c(CNc2ccc(Cc3c[nH]c4ncccc34)cn2)c1. The number of aromatic amines is 1. The Hall–Kier alpha value is -3.42. The van der Waals surface area contributed by atoms with Gasteiger partial charge < -0.3 is 19.8 Å². The molecule has 0 spiro atoms. The van der Waals surface area contributed by atoms with Crippen LogP contribution in [0, 0.1) is 0 Å². The van der Waals surface area contributed by atoms with E-state index in [4.69, 9.17) is 9.47 Å². The van der Waals surface area contributed by atoms with Crippen molar-refractivity contribution in [2.75, 3.05) is 44.8 Å². The van der Waals surface area contributed by atoms with E-state index in [1.165, 1.54) is 5.56 Å². The first kappa shape index (κ1) is 21.4. The molecular formula is C26H29N5O2. The van der Waals surface area contributed by atoms with Crippen LogP contribution in [0.25, 0.3) is 11.0 Å². The van der Waals surface area contributed by atoms with Gasteiger partial charge in [0.2, 0.25) is 0 Å². The monoisotopic (exact) mass is 443 g/mol. The summed E-state index contributed by atoms with van der Waals surface area (Å²) < 4.78 is 11.5. The summed E-state index contributed by atoms with van der Waals surface area (Å²) in [6.45, 7) is 5.83. The van der Waals surface area contributed by atoms with Gasteiger partial charge >= 0.3 is 0 Å². The third-order valence-electron chi connectivity index (χ3n) is 5.96. The number of ether oxygens (including phenoxy) is 2. The van der Waals surface area contributed by atoms with Crippen molar-refractivity contribution in [2.24, 2.45) is 0 Å². The Morgan fingerprint density at radius 1 is 1.00 bits per heavy atom. The van der Waals surface area contributed by atoms with Crippen LogP contribution in [-0.2, 0) is 17.7 Å². The van der Waals surface area contributed by atoms with Crippen molar-refractivity contribution in [1.29, 1.82) is 0 Å². The third kappa shape index (κ3) is 5.50. The van der Waals surface area contributed by atoms with Crippen molar-refractivity contribution in [3.05, 3.63) is 83.8 Å². The lowest BCUT2D eigenvalue weighted by molar-refractivity contribution is 0.0322. The van der Waals surface area contributed by atoms with Crippen LogP contribution in [0.1, 0.15) is 16.7 Å². The third-order valence-corrected chi connectivity index (χ3v) is 5.96. The fourth-order valence-electron chi connectivity index (χ4n) is 4.10. The molecular weight excluding hydrogens is 414 g/mol. The first-order chi connectivity index (χ1) is 16.3. The summed E-state index contributed by atoms with van der Waals surface area (Å²) >= 11 is 0. The van der Waals surface area contributed by atoms with Gasteiger partial charge in [-0.2, -0.15) is 0 Å². The lowest BCUT2D eigenvalue weighted by Crippen LogP contribution is -2.38. The topological polar surface area (TPSA) is 75.3 Å². The van der Waals surface area contributed by atoms with Crippen molar-refractivity contribution in [3.8, 4) is 5.75 Å². The molecule has 0 bridgehead atoms. The van der Waals surface area contributed by atoms with Crippen molar-refractivity contribution in [3.63, 3.8) is 0 Å². The second-order valence-electron chi connectivity index (χ2n) is 8.21. The molecule has 170 valence electrons. The molecule has 0 amide bonds. The van der Waals surface area contributed by atoms with Crippen LogP contribution in [0.15, 0.2) is 67.1 Å². The summed E-state index contributed by atoms with van der Waals surface area (Å²) in [4.78, 5) is 14.6. The Labute approximate surface area is 193 Å². The Morgan fingerprint density at radius 3 is 2.79 bits per heavy atom. The lowest BCUT2D eigenvalue weighted by atomic mass is 10.1. The molecule has 7 heteroatoms. The molecule has 4 heterocycles. The summed E-state index contributed by atoms with van der Waals surface area (Å²) in [5, 5.41) is 4.58. The second-order valence-corrected chi connectivity index (χ2v) is 8.21. The number of hydrogen-bond donors (Lipinski definition) is 2. The van der Waals surface area contributed by atoms with E-state index in [1.54, 1.807) is 6.20 Å². The largest absolute Gasteiger partial charge is 0.492 e. The fourth-order valence-corrected chi connectivity index (χ4v) is 4.10. The molecule has 2 N–H and O–H groups in total. The number of pyridine rings is 2. The minimum Gasteiger partial charge on any atom is -0.492 e. The maximum Gasteiger partial charge on any atom is 0.137 e. The van der Waals surface area contributed by atoms with E-state index in [2.05, 4.69) is 43.4 Å². The summed E-state index contributed by atoms with van der Waals surface area (Å²) in [6.07, 6.45) is 6.58. The molecule has 1 aliphatic rings. The lowest BCUT2D eigenvalue weighted by Gasteiger charge is -2.26. The number of nitrogens with zero attached hydrogens (tertiary/aromatic N) is 3. The Bertz CT molecular complexity index is 1170. The first-order valence-electron chi connectivity index (χ1n) is 11.5. The summed E-state index contributed by atoms with van der Waals surface area (Å²) in [5.74, 6) is 1.77. The van der Waals surface area contributed by atoms with Crippen LogP contribution < -0.4 is 10.1 Å². The van der Waals surface area contributed by atoms with Gasteiger partial charge in [-0.3, -0.25) is 4.90 Å². The average Bonchev–Trinajstić information content (AvgIpc) is 3.28. The van der Waals surface area contributed by atoms with Gasteiger partial charge in [0.05, 0.1) is 13.2 Å². The van der Waals surface area contributed by atoms with E-state index < -0.39 is 0 Å². The molecule has 3 aromatic heterocycles. The smallest absolute Gasteiger partial charge is 0.137 e. The molecule has 1 saturated heterocycles. The van der Waals surface area contributed by atoms with Gasteiger partial charge in [0.25, 0.3) is 0 Å². The van der Waals surface area contributed by atoms with E-state index >= 15 is 0 Å². The highest BCUT2D eigenvalue weighted by Crippen LogP contribution is 2.21. The van der Waals surface area contributed by atoms with Crippen LogP contribution in [-0.4, -0.2) is 59.3 Å². The summed E-state index contributed by atoms with van der Waals surface area (Å²) in [6, 6.07) is 16.4. The summed E-state index contributed by atoms with van der Waals surface area (Å²) in [7, 11) is 0. The normalized spacial score (nSPS) is 14.4. The van der Waals surface area contributed by atoms with Crippen molar-refractivity contribution >= 4 is 16.9 Å². The number of fused-ring (bicyclic) bond motifs is 1. The van der Waals surface area contributed by atoms with E-state index in [1.807, 2.05) is 42.7 Å². The molecule has 1 fully saturated rings. The molecule has 5 rings (SSSR count). The van der Waals surface area contributed by atoms with Gasteiger partial charge in [-0.15, -0.1) is 0 Å². The Kier molecular flexibility index (Phi) is 6.79. The zero-order valence-corrected chi connectivity index (χ0v) is 18.7. The highest BCUT2D eigenvalue weighted by atomic mass is 16.5. The maximum atomic E-state index is 6.09. The zero-order chi connectivity index (χ0) is 22.3. The van der Waals surface area contributed by atoms with Crippen LogP contribution >= 0.6 is 0 Å². The zero-order valence-electron chi connectivity index (χ0n) is 18.7. The predicted molar refractivity (Wildman–Crippen MR) is 130 cm³/mol.